The molecule has 2 saturated carbocycles. The predicted molar refractivity (Wildman–Crippen MR) is 321 cm³/mol. The Hall–Kier alpha value is -7.07. The maximum Gasteiger partial charge on any atom is 0.268 e. The molecule has 2 aliphatic heterocycles. The SMILES string of the molecule is COc1nc2c(cc1Oc1cc(N3CCC4(CC3)CC(N3CCN(Cc5ccc(OC)c6oc(C)cc56)C[C@H]3c3ccccc3C(C)C)C4)ccc1C(=O)NS(=O)(=O)c1cc([NH+](C)[O-])c(NCC3CCC(C)(O)CC3)c3[nH]cnc13)C(F)=CC2. The molecular formula is C64H76FN9O9S. The van der Waals surface area contributed by atoms with Gasteiger partial charge in [-0.1, -0.05) is 44.2 Å². The quantitative estimate of drug-likeness (QED) is 0.0537. The maximum absolute atomic E-state index is 15.1. The molecule has 1 amide bonds. The summed E-state index contributed by atoms with van der Waals surface area (Å²) in [7, 11) is -0.250. The fourth-order valence-corrected chi connectivity index (χ4v) is 15.1. The minimum atomic E-state index is -4.71. The number of benzene rings is 4. The number of methoxy groups -OCH3 is 2. The molecular weight excluding hydrogens is 1090 g/mol. The van der Waals surface area contributed by atoms with Gasteiger partial charge in [0, 0.05) is 93.1 Å². The lowest BCUT2D eigenvalue weighted by Crippen LogP contribution is -2.98. The highest BCUT2D eigenvalue weighted by Gasteiger charge is 2.50. The van der Waals surface area contributed by atoms with E-state index >= 15 is 4.39 Å². The van der Waals surface area contributed by atoms with Gasteiger partial charge in [0.1, 0.15) is 33.4 Å². The number of aromatic amines is 1. The number of nitrogens with one attached hydrogen (secondary N) is 4. The number of quaternary nitrogens is 1. The fourth-order valence-electron chi connectivity index (χ4n) is 13.9. The number of sulfonamides is 1. The Labute approximate surface area is 490 Å². The first-order valence-corrected chi connectivity index (χ1v) is 31.0. The van der Waals surface area contributed by atoms with Crippen molar-refractivity contribution in [2.75, 3.05) is 70.8 Å². The number of hydroxylamine groups is 1. The number of rotatable bonds is 17. The second-order valence-electron chi connectivity index (χ2n) is 24.6. The number of hydrogen-bond acceptors (Lipinski definition) is 15. The number of aryl methyl sites for hydroxylation is 1. The number of nitrogens with zero attached hydrogens (tertiary/aromatic N) is 5. The molecule has 3 aliphatic carbocycles. The van der Waals surface area contributed by atoms with Crippen molar-refractivity contribution in [3.05, 3.63) is 130 Å². The van der Waals surface area contributed by atoms with Crippen molar-refractivity contribution in [1.82, 2.24) is 29.5 Å². The van der Waals surface area contributed by atoms with Gasteiger partial charge in [-0.2, -0.15) is 0 Å². The lowest BCUT2D eigenvalue weighted by molar-refractivity contribution is -0.750. The molecule has 1 unspecified atom stereocenters. The minimum absolute atomic E-state index is 0.00731. The Bertz CT molecular complexity index is 3780. The number of hydrogen-bond donors (Lipinski definition) is 5. The van der Waals surface area contributed by atoms with E-state index in [2.05, 4.69) is 89.9 Å². The summed E-state index contributed by atoms with van der Waals surface area (Å²) in [5, 5.41) is 27.9. The lowest BCUT2D eigenvalue weighted by Gasteiger charge is -2.58. The first-order chi connectivity index (χ1) is 40.3. The molecule has 3 aromatic heterocycles. The highest BCUT2D eigenvalue weighted by Crippen LogP contribution is 2.54. The standard InChI is InChI=1S/C64H76FN9O9S/c1-38(2)44-10-8-9-11-45(44)52-36-72(35-41-12-17-53(80-6)60-47(41)28-39(3)82-60)26-27-74(52)43-32-64(33-43)22-24-73(25-23-64)42-13-14-46(54(29-42)83-55-30-48-49(65)15-16-50(48)69-62(55)81-7)61(75)70-84(78,79)56-31-51(71(5)77)57(59-58(56)67-37-68-59)66-34-40-18-20-63(4,76)21-19-40/h8-15,17,28-31,37-38,40,43,52,66,71,76H,16,18-27,32-36H2,1-7H3,(H,67,68)(H,70,75)/t40?,52-,63?/m0/s1. The Kier molecular flexibility index (Phi) is 15.5. The van der Waals surface area contributed by atoms with Crippen LogP contribution in [0.3, 0.4) is 0 Å². The molecule has 4 fully saturated rings. The molecule has 84 heavy (non-hydrogen) atoms. The third-order valence-electron chi connectivity index (χ3n) is 18.7. The van der Waals surface area contributed by atoms with Crippen molar-refractivity contribution in [2.24, 2.45) is 11.3 Å². The molecule has 5 aliphatic rings. The number of piperidine rings is 1. The Morgan fingerprint density at radius 2 is 1.75 bits per heavy atom. The normalized spacial score (nSPS) is 21.6. The van der Waals surface area contributed by atoms with Gasteiger partial charge in [-0.25, -0.2) is 27.5 Å². The number of furan rings is 1. The van der Waals surface area contributed by atoms with Gasteiger partial charge in [-0.15, -0.1) is 0 Å². The number of aliphatic hydroxyl groups is 1. The van der Waals surface area contributed by atoms with Crippen molar-refractivity contribution in [3.8, 4) is 23.1 Å². The number of H-pyrrole nitrogens is 1. The van der Waals surface area contributed by atoms with Crippen LogP contribution in [0.25, 0.3) is 27.8 Å². The van der Waals surface area contributed by atoms with Gasteiger partial charge >= 0.3 is 0 Å². The number of fused-ring (bicyclic) bond motifs is 3. The third-order valence-corrected chi connectivity index (χ3v) is 20.0. The zero-order valence-electron chi connectivity index (χ0n) is 48.9. The largest absolute Gasteiger partial charge is 0.629 e. The van der Waals surface area contributed by atoms with Crippen molar-refractivity contribution >= 4 is 60.8 Å². The fraction of sp³-hybridized carbons (Fsp3) is 0.453. The van der Waals surface area contributed by atoms with E-state index in [4.69, 9.17) is 18.6 Å². The van der Waals surface area contributed by atoms with E-state index in [1.54, 1.807) is 19.2 Å². The van der Waals surface area contributed by atoms with E-state index in [1.165, 1.54) is 61.5 Å². The number of amides is 1. The van der Waals surface area contributed by atoms with Crippen molar-refractivity contribution in [1.29, 1.82) is 0 Å². The number of carbonyl (C=O) groups is 1. The van der Waals surface area contributed by atoms with Gasteiger partial charge in [-0.3, -0.25) is 14.6 Å². The molecule has 20 heteroatoms. The van der Waals surface area contributed by atoms with Crippen LogP contribution >= 0.6 is 0 Å². The number of allylic oxidation sites excluding steroid dienone is 1. The number of pyridine rings is 1. The molecule has 444 valence electrons. The highest BCUT2D eigenvalue weighted by atomic mass is 32.2. The van der Waals surface area contributed by atoms with Gasteiger partial charge in [0.05, 0.1) is 50.0 Å². The number of halogens is 1. The first kappa shape index (κ1) is 57.4. The van der Waals surface area contributed by atoms with Crippen LogP contribution < -0.4 is 34.2 Å². The predicted octanol–water partition coefficient (Wildman–Crippen LogP) is 10.2. The average molecular weight is 1170 g/mol. The van der Waals surface area contributed by atoms with Crippen LogP contribution in [0.15, 0.2) is 94.5 Å². The van der Waals surface area contributed by atoms with Gasteiger partial charge in [0.25, 0.3) is 21.8 Å². The van der Waals surface area contributed by atoms with E-state index in [0.717, 1.165) is 106 Å². The van der Waals surface area contributed by atoms with Gasteiger partial charge in [0.2, 0.25) is 0 Å². The second-order valence-corrected chi connectivity index (χ2v) is 26.3. The second kappa shape index (κ2) is 22.7. The van der Waals surface area contributed by atoms with Crippen LogP contribution in [0, 0.1) is 23.5 Å². The molecule has 7 aromatic rings. The lowest BCUT2D eigenvalue weighted by atomic mass is 9.59. The summed E-state index contributed by atoms with van der Waals surface area (Å²) in [5.74, 6) is 0.863. The first-order valence-electron chi connectivity index (χ1n) is 29.5. The van der Waals surface area contributed by atoms with Crippen LogP contribution in [-0.2, 0) is 23.0 Å². The summed E-state index contributed by atoms with van der Waals surface area (Å²) in [6.45, 7) is 14.0. The van der Waals surface area contributed by atoms with Gasteiger partial charge < -0.3 is 49.2 Å². The highest BCUT2D eigenvalue weighted by molar-refractivity contribution is 7.90. The van der Waals surface area contributed by atoms with Crippen LogP contribution in [-0.4, -0.2) is 116 Å². The van der Waals surface area contributed by atoms with E-state index in [-0.39, 0.29) is 68.4 Å². The smallest absolute Gasteiger partial charge is 0.268 e. The van der Waals surface area contributed by atoms with E-state index in [0.29, 0.717) is 48.2 Å². The minimum Gasteiger partial charge on any atom is -0.629 e. The third kappa shape index (κ3) is 11.1. The molecule has 0 radical (unpaired) electrons. The summed E-state index contributed by atoms with van der Waals surface area (Å²) in [6.07, 6.45) is 10.0. The van der Waals surface area contributed by atoms with Crippen LogP contribution in [0.4, 0.5) is 21.5 Å². The average Bonchev–Trinajstić information content (AvgIpc) is 2.48. The van der Waals surface area contributed by atoms with Gasteiger partial charge in [0.15, 0.2) is 22.8 Å². The molecule has 2 atom stereocenters. The Morgan fingerprint density at radius 3 is 2.49 bits per heavy atom. The molecule has 4 aromatic carbocycles. The number of imidazole rings is 1. The van der Waals surface area contributed by atoms with E-state index < -0.39 is 32.4 Å². The number of aromatic nitrogens is 3. The number of piperazine rings is 1. The van der Waals surface area contributed by atoms with Crippen molar-refractivity contribution in [2.45, 2.75) is 121 Å². The zero-order chi connectivity index (χ0) is 58.8. The molecule has 0 bridgehead atoms. The number of ether oxygens (including phenoxy) is 3. The maximum atomic E-state index is 15.1. The summed E-state index contributed by atoms with van der Waals surface area (Å²) in [4.78, 5) is 33.8. The molecule has 2 saturated heterocycles. The van der Waals surface area contributed by atoms with E-state index in [9.17, 15) is 23.5 Å². The topological polar surface area (TPSA) is 215 Å². The molecule has 1 spiro atoms. The summed E-state index contributed by atoms with van der Waals surface area (Å²) in [5.41, 5.74) is 6.48. The van der Waals surface area contributed by atoms with Gasteiger partial charge in [-0.05, 0) is 136 Å². The van der Waals surface area contributed by atoms with E-state index in [1.807, 2.05) is 19.9 Å². The molecule has 18 nitrogen and oxygen atoms in total. The van der Waals surface area contributed by atoms with Crippen molar-refractivity contribution < 1.29 is 46.4 Å². The van der Waals surface area contributed by atoms with Crippen LogP contribution in [0.2, 0.25) is 0 Å². The Morgan fingerprint density at radius 1 is 0.976 bits per heavy atom. The molecule has 5 N–H and O–H groups in total. The molecule has 12 rings (SSSR count). The summed E-state index contributed by atoms with van der Waals surface area (Å²) < 4.78 is 70.4. The number of carbonyl (C=O) groups excluding carboxylic acids is 1. The molecule has 5 heterocycles. The van der Waals surface area contributed by atoms with Crippen LogP contribution in [0.1, 0.15) is 128 Å². The van der Waals surface area contributed by atoms with Crippen molar-refractivity contribution in [3.63, 3.8) is 0 Å². The summed E-state index contributed by atoms with van der Waals surface area (Å²) in [6, 6.07) is 23.7. The monoisotopic (exact) mass is 1170 g/mol. The Balaban J connectivity index is 0.778. The van der Waals surface area contributed by atoms with Crippen LogP contribution in [0.5, 0.6) is 23.1 Å². The zero-order valence-corrected chi connectivity index (χ0v) is 49.8. The summed E-state index contributed by atoms with van der Waals surface area (Å²) >= 11 is 0. The number of anilines is 2.